The molecular formula is C21H17Cl2N3O3S. The first-order valence-corrected chi connectivity index (χ1v) is 10.7. The Morgan fingerprint density at radius 1 is 1.23 bits per heavy atom. The highest BCUT2D eigenvalue weighted by molar-refractivity contribution is 7.09. The van der Waals surface area contributed by atoms with Crippen LogP contribution in [-0.2, 0) is 9.59 Å². The molecule has 30 heavy (non-hydrogen) atoms. The molecule has 0 saturated carbocycles. The molecule has 1 aliphatic heterocycles. The summed E-state index contributed by atoms with van der Waals surface area (Å²) in [5.74, 6) is -0.138. The number of halogens is 2. The average molecular weight is 462 g/mol. The first-order chi connectivity index (χ1) is 14.3. The third-order valence-corrected chi connectivity index (χ3v) is 5.74. The van der Waals surface area contributed by atoms with Crippen molar-refractivity contribution in [2.24, 2.45) is 0 Å². The molecule has 2 amide bonds. The summed E-state index contributed by atoms with van der Waals surface area (Å²) in [6.45, 7) is 3.41. The lowest BCUT2D eigenvalue weighted by Gasteiger charge is -2.32. The number of thiazole rings is 1. The lowest BCUT2D eigenvalue weighted by atomic mass is 10.1. The van der Waals surface area contributed by atoms with E-state index in [0.29, 0.717) is 27.2 Å². The number of carbonyl (C=O) groups excluding carboxylic acids is 2. The summed E-state index contributed by atoms with van der Waals surface area (Å²) in [5, 5.41) is 6.44. The van der Waals surface area contributed by atoms with Crippen LogP contribution in [0.5, 0.6) is 5.75 Å². The van der Waals surface area contributed by atoms with E-state index >= 15 is 0 Å². The van der Waals surface area contributed by atoms with Crippen LogP contribution < -0.4 is 15.0 Å². The fraction of sp³-hybridized carbons (Fsp3) is 0.190. The van der Waals surface area contributed by atoms with Gasteiger partial charge in [-0.3, -0.25) is 14.5 Å². The normalized spacial score (nSPS) is 15.5. The predicted octanol–water partition coefficient (Wildman–Crippen LogP) is 5.18. The van der Waals surface area contributed by atoms with Crippen molar-refractivity contribution >= 4 is 57.7 Å². The number of nitrogens with one attached hydrogen (secondary N) is 1. The Labute approximate surface area is 187 Å². The molecule has 9 heteroatoms. The van der Waals surface area contributed by atoms with Crippen LogP contribution >= 0.6 is 34.5 Å². The van der Waals surface area contributed by atoms with E-state index in [-0.39, 0.29) is 18.4 Å². The zero-order valence-electron chi connectivity index (χ0n) is 16.1. The van der Waals surface area contributed by atoms with Crippen molar-refractivity contribution in [1.29, 1.82) is 0 Å². The number of benzene rings is 2. The first kappa shape index (κ1) is 20.7. The predicted molar refractivity (Wildman–Crippen MR) is 120 cm³/mol. The maximum Gasteiger partial charge on any atom is 0.268 e. The summed E-state index contributed by atoms with van der Waals surface area (Å²) < 4.78 is 5.73. The second-order valence-corrected chi connectivity index (χ2v) is 8.76. The van der Waals surface area contributed by atoms with Gasteiger partial charge in [-0.2, -0.15) is 0 Å². The highest BCUT2D eigenvalue weighted by atomic mass is 35.5. The van der Waals surface area contributed by atoms with Crippen LogP contribution in [0.15, 0.2) is 41.8 Å². The molecule has 2 aromatic carbocycles. The lowest BCUT2D eigenvalue weighted by molar-refractivity contribution is -0.127. The molecular weight excluding hydrogens is 445 g/mol. The fourth-order valence-corrected chi connectivity index (χ4v) is 4.34. The molecule has 0 radical (unpaired) electrons. The smallest absolute Gasteiger partial charge is 0.268 e. The van der Waals surface area contributed by atoms with E-state index in [9.17, 15) is 9.59 Å². The third-order valence-electron chi connectivity index (χ3n) is 4.53. The molecule has 0 bridgehead atoms. The second kappa shape index (κ2) is 8.26. The molecule has 2 heterocycles. The number of amides is 2. The Kier molecular flexibility index (Phi) is 5.69. The molecule has 1 N–H and O–H groups in total. The monoisotopic (exact) mass is 461 g/mol. The third kappa shape index (κ3) is 4.28. The van der Waals surface area contributed by atoms with Crippen LogP contribution in [0.4, 0.5) is 11.4 Å². The molecule has 6 nitrogen and oxygen atoms in total. The molecule has 0 aliphatic carbocycles. The Bertz CT molecular complexity index is 1130. The zero-order chi connectivity index (χ0) is 21.4. The van der Waals surface area contributed by atoms with Gasteiger partial charge in [-0.25, -0.2) is 4.98 Å². The van der Waals surface area contributed by atoms with E-state index < -0.39 is 6.10 Å². The molecule has 1 aliphatic rings. The number of hydrogen-bond donors (Lipinski definition) is 1. The molecule has 0 saturated heterocycles. The summed E-state index contributed by atoms with van der Waals surface area (Å²) >= 11 is 13.5. The Hall–Kier alpha value is -2.61. The quantitative estimate of drug-likeness (QED) is 0.580. The van der Waals surface area contributed by atoms with Crippen LogP contribution in [0.1, 0.15) is 11.9 Å². The number of carbonyl (C=O) groups is 2. The maximum absolute atomic E-state index is 12.8. The molecule has 1 aromatic heterocycles. The van der Waals surface area contributed by atoms with Gasteiger partial charge in [0.25, 0.3) is 5.91 Å². The topological polar surface area (TPSA) is 71.5 Å². The minimum absolute atomic E-state index is 0.177. The van der Waals surface area contributed by atoms with Crippen molar-refractivity contribution in [3.05, 3.63) is 56.8 Å². The van der Waals surface area contributed by atoms with Crippen LogP contribution in [0.3, 0.4) is 0 Å². The van der Waals surface area contributed by atoms with E-state index in [2.05, 4.69) is 10.3 Å². The molecule has 0 spiro atoms. The largest absolute Gasteiger partial charge is 0.479 e. The summed E-state index contributed by atoms with van der Waals surface area (Å²) in [5.41, 5.74) is 2.64. The number of aryl methyl sites for hydroxylation is 1. The van der Waals surface area contributed by atoms with Crippen molar-refractivity contribution in [3.63, 3.8) is 0 Å². The minimum atomic E-state index is -0.696. The van der Waals surface area contributed by atoms with Crippen LogP contribution in [-0.4, -0.2) is 29.4 Å². The van der Waals surface area contributed by atoms with Crippen LogP contribution in [0.2, 0.25) is 10.0 Å². The van der Waals surface area contributed by atoms with Crippen molar-refractivity contribution in [2.45, 2.75) is 20.0 Å². The molecule has 3 aromatic rings. The maximum atomic E-state index is 12.8. The Balaban J connectivity index is 1.62. The lowest BCUT2D eigenvalue weighted by Crippen LogP contribution is -2.47. The first-order valence-electron chi connectivity index (χ1n) is 9.10. The van der Waals surface area contributed by atoms with Gasteiger partial charge in [0.2, 0.25) is 5.91 Å². The Morgan fingerprint density at radius 3 is 2.63 bits per heavy atom. The number of aromatic nitrogens is 1. The van der Waals surface area contributed by atoms with Crippen LogP contribution in [0, 0.1) is 6.92 Å². The van der Waals surface area contributed by atoms with Gasteiger partial charge < -0.3 is 10.1 Å². The molecule has 1 unspecified atom stereocenters. The van der Waals surface area contributed by atoms with Gasteiger partial charge in [0.1, 0.15) is 12.3 Å². The van der Waals surface area contributed by atoms with Crippen molar-refractivity contribution in [3.8, 4) is 17.0 Å². The number of anilines is 2. The number of rotatable bonds is 4. The molecule has 0 fully saturated rings. The number of fused-ring (bicyclic) bond motifs is 1. The van der Waals surface area contributed by atoms with Crippen molar-refractivity contribution < 1.29 is 14.3 Å². The standard InChI is InChI=1S/C21H17Cl2N3O3S/c1-11-21(28)26(9-20(27)25-16-7-14(22)6-15(23)8-16)18-5-13(3-4-19(18)29-11)17-10-30-12(2)24-17/h3-8,10-11H,9H2,1-2H3,(H,25,27). The SMILES string of the molecule is Cc1nc(-c2ccc3c(c2)N(CC(=O)Nc2cc(Cl)cc(Cl)c2)C(=O)C(C)O3)cs1. The van der Waals surface area contributed by atoms with Crippen LogP contribution in [0.25, 0.3) is 11.3 Å². The van der Waals surface area contributed by atoms with Crippen molar-refractivity contribution in [1.82, 2.24) is 4.98 Å². The van der Waals surface area contributed by atoms with Gasteiger partial charge in [0.15, 0.2) is 6.10 Å². The van der Waals surface area contributed by atoms with E-state index in [1.165, 1.54) is 4.90 Å². The molecule has 1 atom stereocenters. The van der Waals surface area contributed by atoms with Gasteiger partial charge in [-0.05, 0) is 50.2 Å². The molecule has 4 rings (SSSR count). The summed E-state index contributed by atoms with van der Waals surface area (Å²) in [4.78, 5) is 31.4. The van der Waals surface area contributed by atoms with Gasteiger partial charge in [0.05, 0.1) is 16.4 Å². The number of nitrogens with zero attached hydrogens (tertiary/aromatic N) is 2. The average Bonchev–Trinajstić information content (AvgIpc) is 3.10. The number of hydrogen-bond acceptors (Lipinski definition) is 5. The van der Waals surface area contributed by atoms with E-state index in [1.54, 1.807) is 42.5 Å². The summed E-state index contributed by atoms with van der Waals surface area (Å²) in [7, 11) is 0. The second-order valence-electron chi connectivity index (χ2n) is 6.83. The van der Waals surface area contributed by atoms with E-state index in [1.807, 2.05) is 24.4 Å². The van der Waals surface area contributed by atoms with E-state index in [4.69, 9.17) is 27.9 Å². The minimum Gasteiger partial charge on any atom is -0.479 e. The van der Waals surface area contributed by atoms with Gasteiger partial charge in [0, 0.05) is 26.7 Å². The van der Waals surface area contributed by atoms with Gasteiger partial charge in [-0.1, -0.05) is 23.2 Å². The highest BCUT2D eigenvalue weighted by Gasteiger charge is 2.33. The Morgan fingerprint density at radius 2 is 1.97 bits per heavy atom. The summed E-state index contributed by atoms with van der Waals surface area (Å²) in [6, 6.07) is 10.3. The van der Waals surface area contributed by atoms with Gasteiger partial charge >= 0.3 is 0 Å². The molecule has 154 valence electrons. The fourth-order valence-electron chi connectivity index (χ4n) is 3.20. The zero-order valence-corrected chi connectivity index (χ0v) is 18.4. The van der Waals surface area contributed by atoms with E-state index in [0.717, 1.165) is 16.3 Å². The summed E-state index contributed by atoms with van der Waals surface area (Å²) in [6.07, 6.45) is -0.696. The van der Waals surface area contributed by atoms with Crippen molar-refractivity contribution in [2.75, 3.05) is 16.8 Å². The van der Waals surface area contributed by atoms with Gasteiger partial charge in [-0.15, -0.1) is 11.3 Å². The number of ether oxygens (including phenoxy) is 1. The highest BCUT2D eigenvalue weighted by Crippen LogP contribution is 2.37.